The molecule has 4 heteroatoms. The van der Waals surface area contributed by atoms with E-state index >= 15 is 0 Å². The molecule has 0 bridgehead atoms. The molecule has 0 fully saturated rings. The molecule has 3 nitrogen and oxygen atoms in total. The summed E-state index contributed by atoms with van der Waals surface area (Å²) in [5, 5.41) is 9.60. The van der Waals surface area contributed by atoms with Crippen LogP contribution in [0.5, 0.6) is 0 Å². The van der Waals surface area contributed by atoms with Crippen molar-refractivity contribution in [3.8, 4) is 0 Å². The number of thiol groups is 1. The Labute approximate surface area is 71.2 Å². The number of carbonyl (C=O) groups is 2. The molecule has 0 amide bonds. The van der Waals surface area contributed by atoms with Crippen molar-refractivity contribution in [3.05, 3.63) is 0 Å². The Morgan fingerprint density at radius 2 is 2.09 bits per heavy atom. The molecule has 0 heterocycles. The van der Waals surface area contributed by atoms with E-state index in [-0.39, 0.29) is 17.5 Å². The Hall–Kier alpha value is -0.510. The van der Waals surface area contributed by atoms with Crippen LogP contribution in [-0.2, 0) is 9.59 Å². The molecule has 0 aromatic rings. The van der Waals surface area contributed by atoms with Crippen molar-refractivity contribution in [2.45, 2.75) is 31.4 Å². The van der Waals surface area contributed by atoms with E-state index in [2.05, 4.69) is 12.6 Å². The minimum absolute atomic E-state index is 0.00431. The minimum atomic E-state index is -1.07. The zero-order valence-corrected chi connectivity index (χ0v) is 7.27. The first-order valence-corrected chi connectivity index (χ1v) is 3.94. The van der Waals surface area contributed by atoms with E-state index in [0.29, 0.717) is 12.8 Å². The average Bonchev–Trinajstić information content (AvgIpc) is 1.86. The standard InChI is InChI=1S/C7H12O3S/c1-5(8)6(11)3-2-4-7(9)10/h6,11H,2-4H2,1H3,(H,9,10)/p-1. The first-order chi connectivity index (χ1) is 5.04. The fraction of sp³-hybridized carbons (Fsp3) is 0.714. The first kappa shape index (κ1) is 10.5. The number of carbonyl (C=O) groups excluding carboxylic acids is 2. The molecule has 11 heavy (non-hydrogen) atoms. The van der Waals surface area contributed by atoms with E-state index in [1.807, 2.05) is 0 Å². The minimum Gasteiger partial charge on any atom is -0.550 e. The number of rotatable bonds is 5. The quantitative estimate of drug-likeness (QED) is 0.588. The molecule has 0 aliphatic heterocycles. The lowest BCUT2D eigenvalue weighted by Gasteiger charge is -2.05. The Kier molecular flexibility index (Phi) is 4.94. The molecule has 0 N–H and O–H groups in total. The number of ketones is 1. The number of hydrogen-bond acceptors (Lipinski definition) is 4. The predicted molar refractivity (Wildman–Crippen MR) is 42.3 cm³/mol. The maximum Gasteiger partial charge on any atom is 0.142 e. The highest BCUT2D eigenvalue weighted by atomic mass is 32.1. The molecule has 0 saturated carbocycles. The summed E-state index contributed by atoms with van der Waals surface area (Å²) < 4.78 is 0. The van der Waals surface area contributed by atoms with Gasteiger partial charge < -0.3 is 9.90 Å². The van der Waals surface area contributed by atoms with Crippen LogP contribution in [0.1, 0.15) is 26.2 Å². The Balaban J connectivity index is 3.39. The second-order valence-electron chi connectivity index (χ2n) is 2.39. The normalized spacial score (nSPS) is 12.5. The maximum absolute atomic E-state index is 10.6. The lowest BCUT2D eigenvalue weighted by molar-refractivity contribution is -0.305. The molecule has 64 valence electrons. The van der Waals surface area contributed by atoms with Gasteiger partial charge >= 0.3 is 0 Å². The smallest absolute Gasteiger partial charge is 0.142 e. The molecule has 0 radical (unpaired) electrons. The van der Waals surface area contributed by atoms with Gasteiger partial charge in [0.1, 0.15) is 5.78 Å². The van der Waals surface area contributed by atoms with E-state index < -0.39 is 5.97 Å². The molecule has 1 atom stereocenters. The van der Waals surface area contributed by atoms with Crippen LogP contribution in [0.2, 0.25) is 0 Å². The summed E-state index contributed by atoms with van der Waals surface area (Å²) in [6.45, 7) is 1.44. The first-order valence-electron chi connectivity index (χ1n) is 3.42. The lowest BCUT2D eigenvalue weighted by Crippen LogP contribution is -2.22. The van der Waals surface area contributed by atoms with Crippen molar-refractivity contribution >= 4 is 24.4 Å². The zero-order chi connectivity index (χ0) is 8.85. The van der Waals surface area contributed by atoms with Crippen molar-refractivity contribution in [2.24, 2.45) is 0 Å². The number of Topliss-reactive ketones (excluding diaryl/α,β-unsaturated/α-hetero) is 1. The van der Waals surface area contributed by atoms with Gasteiger partial charge in [-0.3, -0.25) is 4.79 Å². The van der Waals surface area contributed by atoms with Crippen LogP contribution < -0.4 is 5.11 Å². The van der Waals surface area contributed by atoms with Gasteiger partial charge in [-0.05, 0) is 26.2 Å². The maximum atomic E-state index is 10.6. The van der Waals surface area contributed by atoms with Crippen LogP contribution in [0.4, 0.5) is 0 Å². The van der Waals surface area contributed by atoms with Gasteiger partial charge in [0.15, 0.2) is 0 Å². The SMILES string of the molecule is CC(=O)C(S)CCCC(=O)[O-]. The molecule has 1 unspecified atom stereocenters. The second kappa shape index (κ2) is 5.18. The van der Waals surface area contributed by atoms with Crippen molar-refractivity contribution < 1.29 is 14.7 Å². The van der Waals surface area contributed by atoms with Crippen LogP contribution in [-0.4, -0.2) is 17.0 Å². The average molecular weight is 175 g/mol. The van der Waals surface area contributed by atoms with Crippen molar-refractivity contribution in [1.29, 1.82) is 0 Å². The molecular weight excluding hydrogens is 164 g/mol. The lowest BCUT2D eigenvalue weighted by atomic mass is 10.1. The number of carboxylic acids is 1. The van der Waals surface area contributed by atoms with E-state index in [1.54, 1.807) is 0 Å². The third kappa shape index (κ3) is 5.91. The van der Waals surface area contributed by atoms with E-state index in [4.69, 9.17) is 0 Å². The van der Waals surface area contributed by atoms with Crippen molar-refractivity contribution in [2.75, 3.05) is 0 Å². The summed E-state index contributed by atoms with van der Waals surface area (Å²) >= 11 is 3.96. The highest BCUT2D eigenvalue weighted by Crippen LogP contribution is 2.07. The Morgan fingerprint density at radius 3 is 2.45 bits per heavy atom. The third-order valence-corrected chi connectivity index (χ3v) is 1.95. The number of aliphatic carboxylic acids is 1. The van der Waals surface area contributed by atoms with Gasteiger partial charge in [-0.25, -0.2) is 0 Å². The van der Waals surface area contributed by atoms with E-state index in [0.717, 1.165) is 0 Å². The molecule has 0 aromatic carbocycles. The highest BCUT2D eigenvalue weighted by molar-refractivity contribution is 7.81. The molecule has 0 rings (SSSR count). The highest BCUT2D eigenvalue weighted by Gasteiger charge is 2.06. The Bertz CT molecular complexity index is 156. The van der Waals surface area contributed by atoms with E-state index in [1.165, 1.54) is 6.92 Å². The molecular formula is C7H11O3S-. The molecule has 0 aromatic heterocycles. The van der Waals surface area contributed by atoms with Gasteiger partial charge in [0, 0.05) is 5.97 Å². The topological polar surface area (TPSA) is 57.2 Å². The summed E-state index contributed by atoms with van der Waals surface area (Å²) in [7, 11) is 0. The van der Waals surface area contributed by atoms with Crippen LogP contribution in [0.25, 0.3) is 0 Å². The molecule has 0 aliphatic carbocycles. The summed E-state index contributed by atoms with van der Waals surface area (Å²) in [6.07, 6.45) is 0.965. The molecule has 0 saturated heterocycles. The zero-order valence-electron chi connectivity index (χ0n) is 6.37. The van der Waals surface area contributed by atoms with Crippen molar-refractivity contribution in [3.63, 3.8) is 0 Å². The van der Waals surface area contributed by atoms with Crippen LogP contribution in [0, 0.1) is 0 Å². The molecule has 0 spiro atoms. The van der Waals surface area contributed by atoms with Gasteiger partial charge in [-0.1, -0.05) is 0 Å². The summed E-state index contributed by atoms with van der Waals surface area (Å²) in [5.41, 5.74) is 0. The fourth-order valence-corrected chi connectivity index (χ4v) is 0.826. The second-order valence-corrected chi connectivity index (χ2v) is 3.01. The summed E-state index contributed by atoms with van der Waals surface area (Å²) in [4.78, 5) is 20.5. The Morgan fingerprint density at radius 1 is 1.55 bits per heavy atom. The third-order valence-electron chi connectivity index (χ3n) is 1.33. The van der Waals surface area contributed by atoms with Gasteiger partial charge in [-0.15, -0.1) is 0 Å². The predicted octanol–water partition coefficient (Wildman–Crippen LogP) is -0.206. The monoisotopic (exact) mass is 175 g/mol. The van der Waals surface area contributed by atoms with Gasteiger partial charge in [-0.2, -0.15) is 12.6 Å². The number of carboxylic acid groups (broad SMARTS) is 1. The fourth-order valence-electron chi connectivity index (χ4n) is 0.643. The van der Waals surface area contributed by atoms with Gasteiger partial charge in [0.05, 0.1) is 5.25 Å². The summed E-state index contributed by atoms with van der Waals surface area (Å²) in [6, 6.07) is 0. The summed E-state index contributed by atoms with van der Waals surface area (Å²) in [5.74, 6) is -1.10. The van der Waals surface area contributed by atoms with Gasteiger partial charge in [0.25, 0.3) is 0 Å². The largest absolute Gasteiger partial charge is 0.550 e. The van der Waals surface area contributed by atoms with Gasteiger partial charge in [0.2, 0.25) is 0 Å². The molecule has 0 aliphatic rings. The van der Waals surface area contributed by atoms with Crippen molar-refractivity contribution in [1.82, 2.24) is 0 Å². The van der Waals surface area contributed by atoms with E-state index in [9.17, 15) is 14.7 Å². The van der Waals surface area contributed by atoms with Crippen LogP contribution >= 0.6 is 12.6 Å². The van der Waals surface area contributed by atoms with Crippen LogP contribution in [0.15, 0.2) is 0 Å². The van der Waals surface area contributed by atoms with Crippen LogP contribution in [0.3, 0.4) is 0 Å². The number of hydrogen-bond donors (Lipinski definition) is 1.